The van der Waals surface area contributed by atoms with E-state index >= 15 is 0 Å². The number of aromatic amines is 1. The Bertz CT molecular complexity index is 2230. The summed E-state index contributed by atoms with van der Waals surface area (Å²) in [4.78, 5) is 74.1. The van der Waals surface area contributed by atoms with Gasteiger partial charge in [-0.3, -0.25) is 24.0 Å². The molecule has 2 aliphatic heterocycles. The largest absolute Gasteiger partial charge is 0.368 e. The van der Waals surface area contributed by atoms with Crippen LogP contribution in [0.2, 0.25) is 0 Å². The van der Waals surface area contributed by atoms with Crippen LogP contribution in [0, 0.1) is 0 Å². The Kier molecular flexibility index (Phi) is 12.5. The van der Waals surface area contributed by atoms with Gasteiger partial charge in [-0.2, -0.15) is 0 Å². The van der Waals surface area contributed by atoms with Crippen molar-refractivity contribution in [1.29, 1.82) is 0 Å². The van der Waals surface area contributed by atoms with Crippen LogP contribution in [0.5, 0.6) is 0 Å². The normalized spacial score (nSPS) is 17.7. The van der Waals surface area contributed by atoms with E-state index in [4.69, 9.17) is 11.5 Å². The van der Waals surface area contributed by atoms with E-state index in [9.17, 15) is 24.0 Å². The number of carbonyl (C=O) groups is 5. The first kappa shape index (κ1) is 40.6. The molecule has 0 unspecified atom stereocenters. The number of hydrogen-bond donors (Lipinski definition) is 9. The maximum absolute atomic E-state index is 14.6. The van der Waals surface area contributed by atoms with Gasteiger partial charge in [0, 0.05) is 45.9 Å². The van der Waals surface area contributed by atoms with Gasteiger partial charge in [-0.25, -0.2) is 0 Å². The summed E-state index contributed by atoms with van der Waals surface area (Å²) in [6, 6.07) is 23.4. The quantitative estimate of drug-likeness (QED) is 0.0755. The molecule has 2 fully saturated rings. The van der Waals surface area contributed by atoms with E-state index in [1.165, 1.54) is 11.3 Å². The summed E-state index contributed by atoms with van der Waals surface area (Å²) < 4.78 is 1.04. The first-order valence-corrected chi connectivity index (χ1v) is 20.6. The molecule has 0 radical (unpaired) electrons. The standard InChI is InChI=1S/C43H51N9O5S/c44-40(56)43(16-20-47-21-17-43)52-39(55)33(22-27-8-2-1-3-9-27)49-37(53)34(24-29-26-48-32-12-6-5-11-31(29)32)50-38(54)35(51-41(57)42(45)14-18-46-19-15-42)25-30-23-28-10-4-7-13-36(28)58-30/h1-13,23,26,33-35,46-48H,14-22,24-25,45H2,(H2,44,56)(H,49,53)(H,50,54)(H,51,57)(H,52,55)/t33-,34+,35+/m0/s1. The topological polar surface area (TPSA) is 225 Å². The molecule has 0 spiro atoms. The average Bonchev–Trinajstić information content (AvgIpc) is 3.84. The maximum Gasteiger partial charge on any atom is 0.243 e. The van der Waals surface area contributed by atoms with Crippen molar-refractivity contribution in [2.75, 3.05) is 26.2 Å². The van der Waals surface area contributed by atoms with Crippen molar-refractivity contribution in [2.45, 2.75) is 74.1 Å². The summed E-state index contributed by atoms with van der Waals surface area (Å²) in [6.45, 7) is 2.11. The number of nitrogens with two attached hydrogens (primary N) is 2. The maximum atomic E-state index is 14.6. The third-order valence-electron chi connectivity index (χ3n) is 11.4. The van der Waals surface area contributed by atoms with Crippen molar-refractivity contribution in [2.24, 2.45) is 11.5 Å². The lowest BCUT2D eigenvalue weighted by Crippen LogP contribution is -2.65. The van der Waals surface area contributed by atoms with Gasteiger partial charge in [0.2, 0.25) is 29.5 Å². The highest BCUT2D eigenvalue weighted by atomic mass is 32.1. The predicted octanol–water partition coefficient (Wildman–Crippen LogP) is 1.67. The summed E-state index contributed by atoms with van der Waals surface area (Å²) in [5, 5.41) is 20.1. The number of para-hydroxylation sites is 1. The summed E-state index contributed by atoms with van der Waals surface area (Å²) in [6.07, 6.45) is 3.53. The fourth-order valence-corrected chi connectivity index (χ4v) is 9.00. The van der Waals surface area contributed by atoms with Gasteiger partial charge >= 0.3 is 0 Å². The molecule has 15 heteroatoms. The molecule has 5 amide bonds. The molecule has 4 heterocycles. The molecule has 304 valence electrons. The Hall–Kier alpha value is -5.61. The Morgan fingerprint density at radius 2 is 1.29 bits per heavy atom. The Morgan fingerprint density at radius 3 is 1.98 bits per heavy atom. The van der Waals surface area contributed by atoms with Gasteiger partial charge in [-0.15, -0.1) is 11.3 Å². The lowest BCUT2D eigenvalue weighted by molar-refractivity contribution is -0.136. The highest BCUT2D eigenvalue weighted by Crippen LogP contribution is 2.27. The Morgan fingerprint density at radius 1 is 0.690 bits per heavy atom. The molecule has 0 saturated carbocycles. The van der Waals surface area contributed by atoms with E-state index in [0.717, 1.165) is 37.0 Å². The zero-order chi connectivity index (χ0) is 40.7. The van der Waals surface area contributed by atoms with Crippen molar-refractivity contribution in [3.05, 3.63) is 107 Å². The Balaban J connectivity index is 1.19. The van der Waals surface area contributed by atoms with E-state index in [-0.39, 0.29) is 19.3 Å². The minimum Gasteiger partial charge on any atom is -0.368 e. The fraction of sp³-hybridized carbons (Fsp3) is 0.372. The van der Waals surface area contributed by atoms with Crippen molar-refractivity contribution in [1.82, 2.24) is 36.9 Å². The number of amides is 5. The van der Waals surface area contributed by atoms with E-state index in [1.807, 2.05) is 84.9 Å². The number of piperidine rings is 2. The average molecular weight is 806 g/mol. The van der Waals surface area contributed by atoms with Crippen LogP contribution < -0.4 is 43.4 Å². The van der Waals surface area contributed by atoms with Gasteiger partial charge < -0.3 is 48.4 Å². The third-order valence-corrected chi connectivity index (χ3v) is 12.5. The number of carbonyl (C=O) groups excluding carboxylic acids is 5. The summed E-state index contributed by atoms with van der Waals surface area (Å²) in [7, 11) is 0. The number of primary amides is 1. The number of fused-ring (bicyclic) bond motifs is 2. The van der Waals surface area contributed by atoms with Crippen LogP contribution in [0.3, 0.4) is 0 Å². The molecule has 2 saturated heterocycles. The van der Waals surface area contributed by atoms with E-state index in [2.05, 4.69) is 36.9 Å². The molecule has 58 heavy (non-hydrogen) atoms. The molecule has 2 aliphatic rings. The van der Waals surface area contributed by atoms with Crippen LogP contribution in [-0.4, -0.2) is 89.9 Å². The molecule has 7 rings (SSSR count). The van der Waals surface area contributed by atoms with E-state index in [0.29, 0.717) is 51.9 Å². The number of hydrogen-bond acceptors (Lipinski definition) is 9. The van der Waals surface area contributed by atoms with Crippen LogP contribution >= 0.6 is 11.3 Å². The first-order chi connectivity index (χ1) is 28.0. The summed E-state index contributed by atoms with van der Waals surface area (Å²) >= 11 is 1.53. The molecule has 0 aliphatic carbocycles. The zero-order valence-electron chi connectivity index (χ0n) is 32.3. The summed E-state index contributed by atoms with van der Waals surface area (Å²) in [5.74, 6) is -2.84. The third kappa shape index (κ3) is 9.39. The zero-order valence-corrected chi connectivity index (χ0v) is 33.1. The minimum atomic E-state index is -1.29. The highest BCUT2D eigenvalue weighted by Gasteiger charge is 2.42. The van der Waals surface area contributed by atoms with E-state index < -0.39 is 58.7 Å². The van der Waals surface area contributed by atoms with Crippen molar-refractivity contribution < 1.29 is 24.0 Å². The predicted molar refractivity (Wildman–Crippen MR) is 225 cm³/mol. The monoisotopic (exact) mass is 805 g/mol. The van der Waals surface area contributed by atoms with Gasteiger partial charge in [-0.1, -0.05) is 66.7 Å². The molecule has 2 aromatic heterocycles. The molecular formula is C43H51N9O5S. The van der Waals surface area contributed by atoms with Crippen molar-refractivity contribution in [3.63, 3.8) is 0 Å². The fourth-order valence-electron chi connectivity index (χ4n) is 7.89. The molecule has 11 N–H and O–H groups in total. The molecule has 5 aromatic rings. The first-order valence-electron chi connectivity index (χ1n) is 19.8. The highest BCUT2D eigenvalue weighted by molar-refractivity contribution is 7.19. The van der Waals surface area contributed by atoms with Crippen LogP contribution in [0.1, 0.15) is 41.7 Å². The van der Waals surface area contributed by atoms with Gasteiger partial charge in [0.15, 0.2) is 0 Å². The van der Waals surface area contributed by atoms with Gasteiger partial charge in [0.1, 0.15) is 23.7 Å². The van der Waals surface area contributed by atoms with Crippen LogP contribution in [-0.2, 0) is 43.2 Å². The Labute approximate surface area is 340 Å². The van der Waals surface area contributed by atoms with Crippen molar-refractivity contribution >= 4 is 61.9 Å². The molecule has 3 aromatic carbocycles. The van der Waals surface area contributed by atoms with Gasteiger partial charge in [0.25, 0.3) is 0 Å². The van der Waals surface area contributed by atoms with Crippen LogP contribution in [0.25, 0.3) is 21.0 Å². The van der Waals surface area contributed by atoms with Crippen molar-refractivity contribution in [3.8, 4) is 0 Å². The molecule has 3 atom stereocenters. The molecular weight excluding hydrogens is 755 g/mol. The number of rotatable bonds is 15. The second kappa shape index (κ2) is 17.9. The molecule has 14 nitrogen and oxygen atoms in total. The number of benzene rings is 3. The van der Waals surface area contributed by atoms with Gasteiger partial charge in [-0.05, 0) is 86.6 Å². The summed E-state index contributed by atoms with van der Waals surface area (Å²) in [5.41, 5.74) is 12.4. The lowest BCUT2D eigenvalue weighted by atomic mass is 9.87. The van der Waals surface area contributed by atoms with Gasteiger partial charge in [0.05, 0.1) is 5.54 Å². The van der Waals surface area contributed by atoms with Crippen LogP contribution in [0.4, 0.5) is 0 Å². The number of nitrogens with one attached hydrogen (secondary N) is 7. The van der Waals surface area contributed by atoms with Crippen LogP contribution in [0.15, 0.2) is 91.1 Å². The lowest BCUT2D eigenvalue weighted by Gasteiger charge is -2.37. The van der Waals surface area contributed by atoms with E-state index in [1.54, 1.807) is 6.20 Å². The SMILES string of the molecule is NC(=O)C1(NC(=O)[C@H](Cc2ccccc2)NC(=O)[C@@H](Cc2c[nH]c3ccccc23)NC(=O)[C@@H](Cc2cc3ccccc3s2)NC(=O)C2(N)CCNCC2)CCNCC1. The second-order valence-corrected chi connectivity index (χ2v) is 16.6. The number of thiophene rings is 1. The minimum absolute atomic E-state index is 0.0637. The second-order valence-electron chi connectivity index (χ2n) is 15.4. The number of aromatic nitrogens is 1. The number of H-pyrrole nitrogens is 1. The molecule has 0 bridgehead atoms. The smallest absolute Gasteiger partial charge is 0.243 e.